The Morgan fingerprint density at radius 2 is 1.44 bits per heavy atom. The first-order valence-corrected chi connectivity index (χ1v) is 13.5. The molecule has 2 atom stereocenters. The van der Waals surface area contributed by atoms with E-state index in [0.717, 1.165) is 17.5 Å². The standard InChI is InChI=1S/C31H45N3O5/c1-10-21-11-15-23(16-12-21)26(27(36)33-30(4,5)6)34(20(2)3)28(37)25(32-29(38)39-31(7,8)9)19-22-13-17-24(35)18-14-22/h11-18,20,25-26,35H,10,19H2,1-9H3,(H,32,38)(H,33,36). The molecule has 2 rings (SSSR count). The van der Waals surface area contributed by atoms with Gasteiger partial charge in [-0.15, -0.1) is 0 Å². The third kappa shape index (κ3) is 9.93. The zero-order valence-electron chi connectivity index (χ0n) is 24.8. The van der Waals surface area contributed by atoms with Gasteiger partial charge in [-0.05, 0) is 90.6 Å². The van der Waals surface area contributed by atoms with Gasteiger partial charge >= 0.3 is 6.09 Å². The minimum absolute atomic E-state index is 0.0972. The van der Waals surface area contributed by atoms with Crippen molar-refractivity contribution in [1.29, 1.82) is 0 Å². The van der Waals surface area contributed by atoms with E-state index in [0.29, 0.717) is 5.56 Å². The van der Waals surface area contributed by atoms with Crippen molar-refractivity contribution in [2.75, 3.05) is 0 Å². The quantitative estimate of drug-likeness (QED) is 0.402. The van der Waals surface area contributed by atoms with E-state index in [9.17, 15) is 19.5 Å². The second-order valence-electron chi connectivity index (χ2n) is 12.1. The number of ether oxygens (including phenoxy) is 1. The van der Waals surface area contributed by atoms with E-state index >= 15 is 0 Å². The number of nitrogens with one attached hydrogen (secondary N) is 2. The lowest BCUT2D eigenvalue weighted by molar-refractivity contribution is -0.145. The number of aromatic hydroxyl groups is 1. The molecule has 0 radical (unpaired) electrons. The Balaban J connectivity index is 2.57. The van der Waals surface area contributed by atoms with E-state index in [2.05, 4.69) is 17.6 Å². The van der Waals surface area contributed by atoms with Crippen LogP contribution < -0.4 is 10.6 Å². The maximum atomic E-state index is 14.3. The fourth-order valence-corrected chi connectivity index (χ4v) is 4.19. The van der Waals surface area contributed by atoms with Gasteiger partial charge in [-0.2, -0.15) is 0 Å². The zero-order valence-corrected chi connectivity index (χ0v) is 24.8. The monoisotopic (exact) mass is 539 g/mol. The van der Waals surface area contributed by atoms with E-state index < -0.39 is 35.2 Å². The molecule has 3 N–H and O–H groups in total. The molecule has 2 aromatic rings. The molecule has 3 amide bonds. The summed E-state index contributed by atoms with van der Waals surface area (Å²) in [7, 11) is 0. The zero-order chi connectivity index (χ0) is 29.5. The summed E-state index contributed by atoms with van der Waals surface area (Å²) in [5.74, 6) is -0.632. The van der Waals surface area contributed by atoms with Gasteiger partial charge in [-0.1, -0.05) is 43.3 Å². The second-order valence-corrected chi connectivity index (χ2v) is 12.1. The van der Waals surface area contributed by atoms with Gasteiger partial charge in [0, 0.05) is 18.0 Å². The van der Waals surface area contributed by atoms with Gasteiger partial charge in [0.25, 0.3) is 0 Å². The summed E-state index contributed by atoms with van der Waals surface area (Å²) < 4.78 is 5.46. The van der Waals surface area contributed by atoms with Gasteiger partial charge in [0.1, 0.15) is 23.4 Å². The Labute approximate surface area is 233 Å². The number of alkyl carbamates (subject to hydrolysis) is 1. The lowest BCUT2D eigenvalue weighted by Crippen LogP contribution is -2.57. The number of benzene rings is 2. The van der Waals surface area contributed by atoms with E-state index in [-0.39, 0.29) is 24.1 Å². The van der Waals surface area contributed by atoms with Crippen LogP contribution in [0.25, 0.3) is 0 Å². The van der Waals surface area contributed by atoms with E-state index in [1.807, 2.05) is 58.9 Å². The lowest BCUT2D eigenvalue weighted by atomic mass is 9.96. The van der Waals surface area contributed by atoms with Crippen molar-refractivity contribution < 1.29 is 24.2 Å². The minimum Gasteiger partial charge on any atom is -0.508 e. The first-order chi connectivity index (χ1) is 18.0. The van der Waals surface area contributed by atoms with E-state index in [4.69, 9.17) is 4.74 Å². The Morgan fingerprint density at radius 3 is 1.90 bits per heavy atom. The molecule has 2 aromatic carbocycles. The fourth-order valence-electron chi connectivity index (χ4n) is 4.19. The highest BCUT2D eigenvalue weighted by Gasteiger charge is 2.38. The Hall–Kier alpha value is -3.55. The first kappa shape index (κ1) is 31.7. The number of aryl methyl sites for hydroxylation is 1. The maximum absolute atomic E-state index is 14.3. The molecule has 0 heterocycles. The highest BCUT2D eigenvalue weighted by molar-refractivity contribution is 5.92. The topological polar surface area (TPSA) is 108 Å². The van der Waals surface area contributed by atoms with Crippen molar-refractivity contribution in [2.45, 2.75) is 104 Å². The number of carbonyl (C=O) groups excluding carboxylic acids is 3. The van der Waals surface area contributed by atoms with Crippen molar-refractivity contribution in [3.05, 3.63) is 65.2 Å². The maximum Gasteiger partial charge on any atom is 0.408 e. The predicted octanol–water partition coefficient (Wildman–Crippen LogP) is 5.28. The molecule has 214 valence electrons. The van der Waals surface area contributed by atoms with Crippen LogP contribution in [0.3, 0.4) is 0 Å². The fraction of sp³-hybridized carbons (Fsp3) is 0.516. The van der Waals surface area contributed by atoms with Crippen LogP contribution in [-0.2, 0) is 27.2 Å². The molecule has 8 nitrogen and oxygen atoms in total. The number of phenolic OH excluding ortho intramolecular Hbond substituents is 1. The van der Waals surface area contributed by atoms with Gasteiger partial charge in [-0.3, -0.25) is 9.59 Å². The summed E-state index contributed by atoms with van der Waals surface area (Å²) in [6, 6.07) is 11.8. The van der Waals surface area contributed by atoms with Crippen LogP contribution in [0.2, 0.25) is 0 Å². The Morgan fingerprint density at radius 1 is 0.897 bits per heavy atom. The lowest BCUT2D eigenvalue weighted by Gasteiger charge is -2.38. The van der Waals surface area contributed by atoms with Crippen LogP contribution in [0.4, 0.5) is 4.79 Å². The molecule has 0 aliphatic heterocycles. The Kier molecular flexibility index (Phi) is 10.6. The molecular weight excluding hydrogens is 494 g/mol. The van der Waals surface area contributed by atoms with Crippen molar-refractivity contribution in [3.8, 4) is 5.75 Å². The summed E-state index contributed by atoms with van der Waals surface area (Å²) in [6.45, 7) is 16.7. The van der Waals surface area contributed by atoms with Crippen molar-refractivity contribution in [1.82, 2.24) is 15.5 Å². The molecule has 8 heteroatoms. The third-order valence-electron chi connectivity index (χ3n) is 5.90. The van der Waals surface area contributed by atoms with Crippen molar-refractivity contribution in [3.63, 3.8) is 0 Å². The number of rotatable bonds is 9. The molecule has 0 fully saturated rings. The van der Waals surface area contributed by atoms with Crippen LogP contribution in [0.1, 0.15) is 85.0 Å². The van der Waals surface area contributed by atoms with Crippen LogP contribution in [0.15, 0.2) is 48.5 Å². The highest BCUT2D eigenvalue weighted by Crippen LogP contribution is 2.27. The first-order valence-electron chi connectivity index (χ1n) is 13.5. The predicted molar refractivity (Wildman–Crippen MR) is 153 cm³/mol. The summed E-state index contributed by atoms with van der Waals surface area (Å²) in [6.07, 6.45) is 0.260. The van der Waals surface area contributed by atoms with Crippen LogP contribution in [0, 0.1) is 0 Å². The summed E-state index contributed by atoms with van der Waals surface area (Å²) >= 11 is 0. The molecule has 0 saturated carbocycles. The molecule has 2 unspecified atom stereocenters. The van der Waals surface area contributed by atoms with Gasteiger partial charge in [0.05, 0.1) is 0 Å². The van der Waals surface area contributed by atoms with E-state index in [1.165, 1.54) is 17.0 Å². The van der Waals surface area contributed by atoms with Crippen molar-refractivity contribution in [2.24, 2.45) is 0 Å². The van der Waals surface area contributed by atoms with Crippen molar-refractivity contribution >= 4 is 17.9 Å². The van der Waals surface area contributed by atoms with Crippen LogP contribution in [-0.4, -0.2) is 51.1 Å². The summed E-state index contributed by atoms with van der Waals surface area (Å²) in [4.78, 5) is 42.4. The molecule has 0 aromatic heterocycles. The average molecular weight is 540 g/mol. The second kappa shape index (κ2) is 13.0. The third-order valence-corrected chi connectivity index (χ3v) is 5.90. The van der Waals surface area contributed by atoms with E-state index in [1.54, 1.807) is 32.9 Å². The number of carbonyl (C=O) groups is 3. The average Bonchev–Trinajstić information content (AvgIpc) is 2.80. The van der Waals surface area contributed by atoms with Crippen LogP contribution >= 0.6 is 0 Å². The van der Waals surface area contributed by atoms with Crippen LogP contribution in [0.5, 0.6) is 5.75 Å². The molecule has 0 bridgehead atoms. The minimum atomic E-state index is -1.02. The summed E-state index contributed by atoms with van der Waals surface area (Å²) in [5.41, 5.74) is 1.24. The summed E-state index contributed by atoms with van der Waals surface area (Å²) in [5, 5.41) is 15.5. The van der Waals surface area contributed by atoms with Gasteiger partial charge in [-0.25, -0.2) is 4.79 Å². The largest absolute Gasteiger partial charge is 0.508 e. The number of hydrogen-bond acceptors (Lipinski definition) is 5. The molecule has 0 aliphatic carbocycles. The van der Waals surface area contributed by atoms with Gasteiger partial charge < -0.3 is 25.4 Å². The Bertz CT molecular complexity index is 1110. The SMILES string of the molecule is CCc1ccc(C(C(=O)NC(C)(C)C)N(C(=O)C(Cc2ccc(O)cc2)NC(=O)OC(C)(C)C)C(C)C)cc1. The molecule has 0 saturated heterocycles. The number of amides is 3. The highest BCUT2D eigenvalue weighted by atomic mass is 16.6. The molecule has 39 heavy (non-hydrogen) atoms. The van der Waals surface area contributed by atoms with Gasteiger partial charge in [0.15, 0.2) is 0 Å². The molecule has 0 aliphatic rings. The molecule has 0 spiro atoms. The molecular formula is C31H45N3O5. The number of nitrogens with zero attached hydrogens (tertiary/aromatic N) is 1. The number of hydrogen-bond donors (Lipinski definition) is 3. The normalized spacial score (nSPS) is 13.4. The smallest absolute Gasteiger partial charge is 0.408 e. The number of phenols is 1. The van der Waals surface area contributed by atoms with Gasteiger partial charge in [0.2, 0.25) is 11.8 Å².